The van der Waals surface area contributed by atoms with Crippen LogP contribution in [0.4, 0.5) is 0 Å². The number of carbonyl (C=O) groups is 4. The zero-order chi connectivity index (χ0) is 64.8. The molecule has 1 aliphatic carbocycles. The Morgan fingerprint density at radius 3 is 0.711 bits per heavy atom. The van der Waals surface area contributed by atoms with Crippen LogP contribution in [0, 0.1) is 5.92 Å². The average molecular weight is 1320 g/mol. The molecular formula is C79H150N4O4S3. The van der Waals surface area contributed by atoms with Gasteiger partial charge in [-0.1, -0.05) is 315 Å². The lowest BCUT2D eigenvalue weighted by atomic mass is 9.82. The highest BCUT2D eigenvalue weighted by atomic mass is 32.2. The molecule has 90 heavy (non-hydrogen) atoms. The monoisotopic (exact) mass is 1320 g/mol. The number of rotatable bonds is 74. The van der Waals surface area contributed by atoms with Crippen LogP contribution in [0.1, 0.15) is 387 Å². The summed E-state index contributed by atoms with van der Waals surface area (Å²) in [5, 5.41) is 12.9. The van der Waals surface area contributed by atoms with Crippen molar-refractivity contribution in [2.45, 2.75) is 392 Å². The molecule has 0 radical (unpaired) electrons. The number of hydrogen-bond donors (Lipinski definition) is 4. The fourth-order valence-corrected chi connectivity index (χ4v) is 15.6. The molecule has 8 nitrogen and oxygen atoms in total. The third-order valence-electron chi connectivity index (χ3n) is 18.7. The molecule has 0 unspecified atom stereocenters. The molecule has 11 heteroatoms. The lowest BCUT2D eigenvalue weighted by Crippen LogP contribution is -2.51. The van der Waals surface area contributed by atoms with Gasteiger partial charge in [0.2, 0.25) is 23.6 Å². The summed E-state index contributed by atoms with van der Waals surface area (Å²) < 4.78 is 0. The summed E-state index contributed by atoms with van der Waals surface area (Å²) >= 11 is 6.48. The Balaban J connectivity index is 2.53. The van der Waals surface area contributed by atoms with E-state index in [-0.39, 0.29) is 42.9 Å². The van der Waals surface area contributed by atoms with Gasteiger partial charge in [-0.3, -0.25) is 19.2 Å². The Hall–Kier alpha value is -1.59. The average Bonchev–Trinajstić information content (AvgIpc) is 3.06. The highest BCUT2D eigenvalue weighted by molar-refractivity contribution is 7.99. The van der Waals surface area contributed by atoms with Crippen molar-refractivity contribution < 1.29 is 19.2 Å². The van der Waals surface area contributed by atoms with E-state index in [9.17, 15) is 19.2 Å². The maximum Gasteiger partial charge on any atom is 0.231 e. The van der Waals surface area contributed by atoms with Crippen LogP contribution >= 0.6 is 35.3 Å². The van der Waals surface area contributed by atoms with Gasteiger partial charge in [0.1, 0.15) is 0 Å². The Morgan fingerprint density at radius 2 is 0.489 bits per heavy atom. The number of amides is 4. The smallest absolute Gasteiger partial charge is 0.231 e. The van der Waals surface area contributed by atoms with Crippen LogP contribution in [0.3, 0.4) is 0 Å². The van der Waals surface area contributed by atoms with Crippen LogP contribution in [0.2, 0.25) is 0 Å². The molecule has 0 bridgehead atoms. The van der Waals surface area contributed by atoms with Gasteiger partial charge in [0.25, 0.3) is 0 Å². The summed E-state index contributed by atoms with van der Waals surface area (Å²) in [6.45, 7) is 8.82. The molecule has 0 aromatic heterocycles. The van der Waals surface area contributed by atoms with Crippen LogP contribution in [0.25, 0.3) is 0 Å². The van der Waals surface area contributed by atoms with Gasteiger partial charge in [0.05, 0.1) is 5.92 Å². The van der Waals surface area contributed by atoms with Crippen LogP contribution in [0.5, 0.6) is 0 Å². The minimum absolute atomic E-state index is 0.0310. The first-order chi connectivity index (χ1) is 44.4. The van der Waals surface area contributed by atoms with E-state index in [1.807, 2.05) is 24.3 Å². The van der Waals surface area contributed by atoms with Crippen molar-refractivity contribution >= 4 is 58.9 Å². The first-order valence-electron chi connectivity index (χ1n) is 39.6. The van der Waals surface area contributed by atoms with Gasteiger partial charge >= 0.3 is 0 Å². The topological polar surface area (TPSA) is 116 Å². The molecule has 0 heterocycles. The Labute approximate surface area is 572 Å². The fourth-order valence-electron chi connectivity index (χ4n) is 12.5. The summed E-state index contributed by atoms with van der Waals surface area (Å²) in [6, 6.07) is 0. The first kappa shape index (κ1) is 86.4. The van der Waals surface area contributed by atoms with E-state index in [4.69, 9.17) is 0 Å². The van der Waals surface area contributed by atoms with Crippen molar-refractivity contribution in [2.24, 2.45) is 5.92 Å². The molecule has 0 atom stereocenters. The van der Waals surface area contributed by atoms with E-state index < -0.39 is 11.5 Å². The van der Waals surface area contributed by atoms with Gasteiger partial charge in [-0.2, -0.15) is 35.3 Å². The van der Waals surface area contributed by atoms with Gasteiger partial charge in [-0.15, -0.1) is 0 Å². The Bertz CT molecular complexity index is 1470. The quantitative estimate of drug-likeness (QED) is 0.0448. The summed E-state index contributed by atoms with van der Waals surface area (Å²) in [5.41, 5.74) is -0.878. The highest BCUT2D eigenvalue weighted by Crippen LogP contribution is 2.28. The third-order valence-corrected chi connectivity index (χ3v) is 22.2. The predicted molar refractivity (Wildman–Crippen MR) is 404 cm³/mol. The van der Waals surface area contributed by atoms with E-state index >= 15 is 0 Å². The number of unbranched alkanes of at least 4 members (excludes halogenated alkanes) is 45. The fraction of sp³-hybridized carbons (Fsp3) is 0.899. The van der Waals surface area contributed by atoms with Crippen LogP contribution in [-0.2, 0) is 19.2 Å². The van der Waals surface area contributed by atoms with Crippen LogP contribution < -0.4 is 21.3 Å². The lowest BCUT2D eigenvalue weighted by Gasteiger charge is -2.36. The van der Waals surface area contributed by atoms with E-state index in [1.54, 1.807) is 0 Å². The number of allylic oxidation sites excluding steroid dienone is 2. The van der Waals surface area contributed by atoms with Gasteiger partial charge in [0.15, 0.2) is 0 Å². The van der Waals surface area contributed by atoms with Crippen molar-refractivity contribution in [3.63, 3.8) is 0 Å². The van der Waals surface area contributed by atoms with Crippen molar-refractivity contribution in [1.29, 1.82) is 0 Å². The highest BCUT2D eigenvalue weighted by Gasteiger charge is 2.35. The van der Waals surface area contributed by atoms with Gasteiger partial charge < -0.3 is 21.3 Å². The van der Waals surface area contributed by atoms with Crippen molar-refractivity contribution in [3.05, 3.63) is 24.3 Å². The minimum atomic E-state index is -0.878. The maximum absolute atomic E-state index is 13.9. The number of nitrogens with one attached hydrogen (secondary N) is 4. The second-order valence-corrected chi connectivity index (χ2v) is 31.1. The molecular weight excluding hydrogens is 1170 g/mol. The molecule has 1 aliphatic rings. The van der Waals surface area contributed by atoms with E-state index in [2.05, 4.69) is 77.3 Å². The second kappa shape index (κ2) is 70.2. The van der Waals surface area contributed by atoms with E-state index in [0.717, 1.165) is 38.5 Å². The summed E-state index contributed by atoms with van der Waals surface area (Å²) in [7, 11) is 0. The molecule has 4 amide bonds. The molecule has 0 saturated heterocycles. The molecule has 0 aliphatic heterocycles. The van der Waals surface area contributed by atoms with Gasteiger partial charge in [-0.25, -0.2) is 0 Å². The Morgan fingerprint density at radius 1 is 0.289 bits per heavy atom. The molecule has 4 N–H and O–H groups in total. The number of hydrogen-bond acceptors (Lipinski definition) is 7. The number of thioether (sulfide) groups is 3. The number of carbonyl (C=O) groups excluding carboxylic acids is 4. The third kappa shape index (κ3) is 61.3. The van der Waals surface area contributed by atoms with Crippen LogP contribution in [0.15, 0.2) is 24.3 Å². The summed E-state index contributed by atoms with van der Waals surface area (Å²) in [4.78, 5) is 54.5. The van der Waals surface area contributed by atoms with E-state index in [0.29, 0.717) is 38.9 Å². The van der Waals surface area contributed by atoms with Gasteiger partial charge in [-0.05, 0) is 112 Å². The molecule has 0 aromatic rings. The molecule has 528 valence electrons. The standard InChI is InChI=1S/C79H150N4O4S3/c1-4-7-10-13-16-31-40-51-68-88-71-54-43-34-25-19-22-28-37-48-65-80-75(84)59-62-79(83-78(87)74-57-46-47-58-74,63-60-76(85)81-66-49-38-29-23-20-26-35-44-55-72-89-69-52-41-32-17-14-11-8-5-2)64-61-77(86)82-67-50-39-30-24-21-27-36-45-56-73-90-70-53-42-33-18-15-12-9-6-3/h46-47,57-58,74H,4-45,48-56,59-73H2,1-3H3,(H,80,84)(H,81,85)(H,82,86)(H,83,87). The zero-order valence-electron chi connectivity index (χ0n) is 59.9. The van der Waals surface area contributed by atoms with Crippen molar-refractivity contribution in [2.75, 3.05) is 54.2 Å². The largest absolute Gasteiger partial charge is 0.356 e. The first-order valence-corrected chi connectivity index (χ1v) is 43.0. The second-order valence-electron chi connectivity index (χ2n) is 27.4. The molecule has 0 spiro atoms. The molecule has 0 aromatic carbocycles. The predicted octanol–water partition coefficient (Wildman–Crippen LogP) is 23.4. The normalized spacial score (nSPS) is 12.4. The summed E-state index contributed by atoms with van der Waals surface area (Å²) in [6.07, 6.45) is 76.7. The van der Waals surface area contributed by atoms with Crippen molar-refractivity contribution in [1.82, 2.24) is 21.3 Å². The van der Waals surface area contributed by atoms with Crippen LogP contribution in [-0.4, -0.2) is 83.3 Å². The molecule has 1 rings (SSSR count). The molecule has 0 fully saturated rings. The zero-order valence-corrected chi connectivity index (χ0v) is 62.4. The maximum atomic E-state index is 13.9. The van der Waals surface area contributed by atoms with Gasteiger partial charge in [0, 0.05) is 44.4 Å². The molecule has 0 saturated carbocycles. The summed E-state index contributed by atoms with van der Waals surface area (Å²) in [5.74, 6) is 7.33. The van der Waals surface area contributed by atoms with Crippen molar-refractivity contribution in [3.8, 4) is 0 Å². The SMILES string of the molecule is CCCCCCCCCCSCCCCCCCCCCCNC(=O)CCC(CCC(=O)NCCCCCCCCCCCSCCCCCCCCCC)(CCC(=O)NCCCCCCCCCCCSCCCCCCCCCC)NC(=O)C1C=CC=C1. The van der Waals surface area contributed by atoms with E-state index in [1.165, 1.54) is 323 Å². The minimum Gasteiger partial charge on any atom is -0.356 e. The lowest BCUT2D eigenvalue weighted by molar-refractivity contribution is -0.128. The Kier molecular flexibility index (Phi) is 67.4.